The Morgan fingerprint density at radius 1 is 1.21 bits per heavy atom. The number of benzene rings is 2. The monoisotopic (exact) mass is 446 g/mol. The van der Waals surface area contributed by atoms with Gasteiger partial charge in [-0.15, -0.1) is 0 Å². The Hall–Kier alpha value is -3.45. The maximum absolute atomic E-state index is 13.3. The van der Waals surface area contributed by atoms with Gasteiger partial charge in [-0.25, -0.2) is 9.37 Å². The molecule has 0 fully saturated rings. The van der Waals surface area contributed by atoms with Crippen molar-refractivity contribution in [1.29, 1.82) is 0 Å². The van der Waals surface area contributed by atoms with E-state index >= 15 is 0 Å². The third-order valence-electron chi connectivity index (χ3n) is 6.35. The molecule has 33 heavy (non-hydrogen) atoms. The van der Waals surface area contributed by atoms with Crippen molar-refractivity contribution in [1.82, 2.24) is 19.6 Å². The molecule has 0 saturated carbocycles. The van der Waals surface area contributed by atoms with Gasteiger partial charge in [0.2, 0.25) is 0 Å². The smallest absolute Gasteiger partial charge is 0.157 e. The largest absolute Gasteiger partial charge is 0.495 e. The molecule has 0 N–H and O–H groups in total. The van der Waals surface area contributed by atoms with E-state index in [9.17, 15) is 4.39 Å². The first-order valence-electron chi connectivity index (χ1n) is 11.2. The molecule has 1 atom stereocenters. The van der Waals surface area contributed by atoms with E-state index in [0.717, 1.165) is 64.5 Å². The van der Waals surface area contributed by atoms with Gasteiger partial charge in [0.25, 0.3) is 0 Å². The summed E-state index contributed by atoms with van der Waals surface area (Å²) in [5.41, 5.74) is 5.95. The molecule has 7 heteroatoms. The average molecular weight is 447 g/mol. The van der Waals surface area contributed by atoms with Crippen molar-refractivity contribution in [2.24, 2.45) is 0 Å². The zero-order chi connectivity index (χ0) is 22.9. The second-order valence-corrected chi connectivity index (χ2v) is 8.63. The predicted octanol–water partition coefficient (Wildman–Crippen LogP) is 5.49. The first-order chi connectivity index (χ1) is 16.0. The minimum atomic E-state index is -0.217. The highest BCUT2D eigenvalue weighted by molar-refractivity contribution is 5.68. The van der Waals surface area contributed by atoms with E-state index in [1.54, 1.807) is 13.4 Å². The first-order valence-corrected chi connectivity index (χ1v) is 11.2. The van der Waals surface area contributed by atoms with Crippen LogP contribution in [0.4, 0.5) is 4.39 Å². The molecule has 0 spiro atoms. The molecule has 2 heterocycles. The van der Waals surface area contributed by atoms with Crippen molar-refractivity contribution in [2.75, 3.05) is 14.2 Å². The van der Waals surface area contributed by atoms with Gasteiger partial charge in [0.1, 0.15) is 17.3 Å². The molecule has 2 aromatic carbocycles. The van der Waals surface area contributed by atoms with Crippen molar-refractivity contribution in [2.45, 2.75) is 38.8 Å². The van der Waals surface area contributed by atoms with E-state index in [-0.39, 0.29) is 11.9 Å². The van der Waals surface area contributed by atoms with Crippen molar-refractivity contribution >= 4 is 0 Å². The molecular weight excluding hydrogens is 419 g/mol. The minimum absolute atomic E-state index is 0.134. The van der Waals surface area contributed by atoms with E-state index in [1.165, 1.54) is 12.1 Å². The summed E-state index contributed by atoms with van der Waals surface area (Å²) in [6, 6.07) is 12.9. The summed E-state index contributed by atoms with van der Waals surface area (Å²) in [7, 11) is 3.75. The third-order valence-corrected chi connectivity index (χ3v) is 6.35. The van der Waals surface area contributed by atoms with Crippen LogP contribution in [0.25, 0.3) is 16.9 Å². The Morgan fingerprint density at radius 2 is 2.03 bits per heavy atom. The fourth-order valence-electron chi connectivity index (χ4n) is 4.66. The SMILES string of the molecule is COc1cc(-c2noc3c2CCCC3N(C)Cc2ccc(F)cc2)ccc1-n1cnc(C)c1. The highest BCUT2D eigenvalue weighted by Gasteiger charge is 2.31. The Kier molecular flexibility index (Phi) is 5.72. The van der Waals surface area contributed by atoms with Crippen LogP contribution in [-0.4, -0.2) is 33.8 Å². The van der Waals surface area contributed by atoms with Crippen LogP contribution >= 0.6 is 0 Å². The van der Waals surface area contributed by atoms with Gasteiger partial charge in [0.15, 0.2) is 5.76 Å². The van der Waals surface area contributed by atoms with Gasteiger partial charge in [-0.05, 0) is 63.1 Å². The molecule has 0 amide bonds. The van der Waals surface area contributed by atoms with Crippen LogP contribution < -0.4 is 4.74 Å². The number of imidazole rings is 1. The second kappa shape index (κ2) is 8.83. The molecule has 2 aromatic heterocycles. The molecule has 0 aliphatic heterocycles. The summed E-state index contributed by atoms with van der Waals surface area (Å²) in [4.78, 5) is 6.57. The number of aromatic nitrogens is 3. The molecule has 0 saturated heterocycles. The Balaban J connectivity index is 1.43. The number of fused-ring (bicyclic) bond motifs is 1. The maximum atomic E-state index is 13.3. The van der Waals surface area contributed by atoms with Gasteiger partial charge in [0.05, 0.1) is 30.9 Å². The summed E-state index contributed by atoms with van der Waals surface area (Å²) in [5, 5.41) is 4.48. The van der Waals surface area contributed by atoms with Crippen LogP contribution in [0.1, 0.15) is 41.5 Å². The quantitative estimate of drug-likeness (QED) is 0.392. The molecule has 0 bridgehead atoms. The van der Waals surface area contributed by atoms with Crippen LogP contribution in [0.2, 0.25) is 0 Å². The van der Waals surface area contributed by atoms with Crippen LogP contribution in [0.15, 0.2) is 59.5 Å². The molecule has 1 aliphatic rings. The Labute approximate surface area is 192 Å². The number of rotatable bonds is 6. The van der Waals surface area contributed by atoms with Crippen molar-refractivity contribution in [3.8, 4) is 22.7 Å². The summed E-state index contributed by atoms with van der Waals surface area (Å²) in [5.74, 6) is 1.46. The number of hydrogen-bond donors (Lipinski definition) is 0. The fraction of sp³-hybridized carbons (Fsp3) is 0.308. The minimum Gasteiger partial charge on any atom is -0.495 e. The van der Waals surface area contributed by atoms with Gasteiger partial charge < -0.3 is 13.8 Å². The summed E-state index contributed by atoms with van der Waals surface area (Å²) in [6.07, 6.45) is 6.74. The number of halogens is 1. The van der Waals surface area contributed by atoms with E-state index in [2.05, 4.69) is 28.2 Å². The Bertz CT molecular complexity index is 1260. The summed E-state index contributed by atoms with van der Waals surface area (Å²) >= 11 is 0. The number of methoxy groups -OCH3 is 1. The third kappa shape index (κ3) is 4.16. The molecule has 1 aliphatic carbocycles. The van der Waals surface area contributed by atoms with Crippen molar-refractivity contribution < 1.29 is 13.7 Å². The van der Waals surface area contributed by atoms with Crippen LogP contribution in [0, 0.1) is 12.7 Å². The lowest BCUT2D eigenvalue weighted by Gasteiger charge is -2.29. The standard InChI is InChI=1S/C26H27FN4O2/c1-17-14-31(16-28-17)22-12-9-19(13-24(22)32-3)25-21-5-4-6-23(26(21)33-29-25)30(2)15-18-7-10-20(27)11-8-18/h7-14,16,23H,4-6,15H2,1-3H3. The lowest BCUT2D eigenvalue weighted by molar-refractivity contribution is 0.173. The number of aryl methyl sites for hydroxylation is 1. The average Bonchev–Trinajstić information content (AvgIpc) is 3.46. The van der Waals surface area contributed by atoms with Crippen molar-refractivity contribution in [3.05, 3.63) is 83.4 Å². The number of hydrogen-bond acceptors (Lipinski definition) is 5. The first kappa shape index (κ1) is 21.4. The van der Waals surface area contributed by atoms with Crippen molar-refractivity contribution in [3.63, 3.8) is 0 Å². The Morgan fingerprint density at radius 3 is 2.76 bits per heavy atom. The van der Waals surface area contributed by atoms with Gasteiger partial charge in [-0.3, -0.25) is 4.90 Å². The lowest BCUT2D eigenvalue weighted by atomic mass is 9.89. The fourth-order valence-corrected chi connectivity index (χ4v) is 4.66. The zero-order valence-electron chi connectivity index (χ0n) is 19.1. The number of ether oxygens (including phenoxy) is 1. The maximum Gasteiger partial charge on any atom is 0.157 e. The molecule has 1 unspecified atom stereocenters. The molecule has 5 rings (SSSR count). The molecule has 6 nitrogen and oxygen atoms in total. The number of nitrogens with zero attached hydrogens (tertiary/aromatic N) is 4. The molecule has 0 radical (unpaired) electrons. The van der Waals surface area contributed by atoms with E-state index in [1.807, 2.05) is 42.0 Å². The van der Waals surface area contributed by atoms with E-state index in [0.29, 0.717) is 6.54 Å². The normalized spacial score (nSPS) is 15.6. The predicted molar refractivity (Wildman–Crippen MR) is 124 cm³/mol. The van der Waals surface area contributed by atoms with Gasteiger partial charge >= 0.3 is 0 Å². The highest BCUT2D eigenvalue weighted by Crippen LogP contribution is 2.40. The van der Waals surface area contributed by atoms with Gasteiger partial charge in [0, 0.05) is 23.9 Å². The van der Waals surface area contributed by atoms with E-state index < -0.39 is 0 Å². The highest BCUT2D eigenvalue weighted by atomic mass is 19.1. The molecule has 4 aromatic rings. The second-order valence-electron chi connectivity index (χ2n) is 8.63. The lowest BCUT2D eigenvalue weighted by Crippen LogP contribution is -2.27. The summed E-state index contributed by atoms with van der Waals surface area (Å²) < 4.78 is 26.8. The van der Waals surface area contributed by atoms with Crippen LogP contribution in [0.5, 0.6) is 5.75 Å². The topological polar surface area (TPSA) is 56.3 Å². The molecular formula is C26H27FN4O2. The van der Waals surface area contributed by atoms with Crippen LogP contribution in [0.3, 0.4) is 0 Å². The van der Waals surface area contributed by atoms with Crippen LogP contribution in [-0.2, 0) is 13.0 Å². The van der Waals surface area contributed by atoms with Gasteiger partial charge in [-0.1, -0.05) is 23.4 Å². The summed E-state index contributed by atoms with van der Waals surface area (Å²) in [6.45, 7) is 2.68. The van der Waals surface area contributed by atoms with E-state index in [4.69, 9.17) is 9.26 Å². The molecule has 170 valence electrons. The zero-order valence-corrected chi connectivity index (χ0v) is 19.1. The van der Waals surface area contributed by atoms with Gasteiger partial charge in [-0.2, -0.15) is 0 Å².